The smallest absolute Gasteiger partial charge is 0.259 e. The summed E-state index contributed by atoms with van der Waals surface area (Å²) in [6.07, 6.45) is 0. The van der Waals surface area contributed by atoms with Crippen molar-refractivity contribution >= 4 is 29.0 Å². The third kappa shape index (κ3) is 3.53. The Balaban J connectivity index is 1.95. The zero-order chi connectivity index (χ0) is 18.0. The van der Waals surface area contributed by atoms with E-state index in [1.54, 1.807) is 23.1 Å². The molecule has 1 heterocycles. The molecule has 2 aromatic carbocycles. The summed E-state index contributed by atoms with van der Waals surface area (Å²) >= 11 is 5.00. The molecule has 3 aromatic rings. The van der Waals surface area contributed by atoms with Crippen LogP contribution in [0.1, 0.15) is 28.4 Å². The number of fused-ring (bicyclic) bond motifs is 1. The molecule has 0 bridgehead atoms. The summed E-state index contributed by atoms with van der Waals surface area (Å²) in [4.78, 5) is 32.1. The van der Waals surface area contributed by atoms with E-state index < -0.39 is 0 Å². The summed E-state index contributed by atoms with van der Waals surface area (Å²) in [6, 6.07) is 13.0. The lowest BCUT2D eigenvalue weighted by Crippen LogP contribution is -2.30. The number of rotatable bonds is 4. The lowest BCUT2D eigenvalue weighted by atomic mass is 10.1. The van der Waals surface area contributed by atoms with Crippen LogP contribution in [0.15, 0.2) is 47.3 Å². The molecule has 0 unspecified atom stereocenters. The Morgan fingerprint density at radius 1 is 1.16 bits per heavy atom. The minimum atomic E-state index is -0.259. The molecule has 0 fully saturated rings. The van der Waals surface area contributed by atoms with Crippen molar-refractivity contribution in [1.29, 1.82) is 0 Å². The Morgan fingerprint density at radius 3 is 2.64 bits per heavy atom. The fourth-order valence-electron chi connectivity index (χ4n) is 2.81. The highest BCUT2D eigenvalue weighted by Gasteiger charge is 2.16. The lowest BCUT2D eigenvalue weighted by Gasteiger charge is -2.22. The second-order valence-electron chi connectivity index (χ2n) is 5.91. The second-order valence-corrected chi connectivity index (χ2v) is 6.32. The molecule has 1 amide bonds. The summed E-state index contributed by atoms with van der Waals surface area (Å²) in [5.74, 6) is -0.0766. The number of nitrogens with one attached hydrogen (secondary N) is 2. The van der Waals surface area contributed by atoms with Crippen molar-refractivity contribution < 1.29 is 4.79 Å². The van der Waals surface area contributed by atoms with Gasteiger partial charge in [0.25, 0.3) is 11.5 Å². The molecule has 0 aliphatic carbocycles. The second kappa shape index (κ2) is 7.03. The van der Waals surface area contributed by atoms with E-state index >= 15 is 0 Å². The number of H-pyrrole nitrogens is 2. The number of benzene rings is 2. The molecule has 0 saturated heterocycles. The number of nitrogens with zero attached hydrogens (tertiary/aromatic N) is 1. The van der Waals surface area contributed by atoms with Crippen LogP contribution in [0.2, 0.25) is 0 Å². The maximum atomic E-state index is 12.9. The Kier molecular flexibility index (Phi) is 4.81. The van der Waals surface area contributed by atoms with Crippen LogP contribution in [0.3, 0.4) is 0 Å². The van der Waals surface area contributed by atoms with Gasteiger partial charge in [-0.25, -0.2) is 0 Å². The quantitative estimate of drug-likeness (QED) is 0.705. The zero-order valence-electron chi connectivity index (χ0n) is 14.1. The molecule has 25 heavy (non-hydrogen) atoms. The third-order valence-electron chi connectivity index (χ3n) is 4.28. The van der Waals surface area contributed by atoms with Crippen molar-refractivity contribution in [3.8, 4) is 0 Å². The normalized spacial score (nSPS) is 10.8. The van der Waals surface area contributed by atoms with Gasteiger partial charge in [-0.2, -0.15) is 0 Å². The number of hydrogen-bond donors (Lipinski definition) is 2. The molecule has 128 valence electrons. The van der Waals surface area contributed by atoms with Gasteiger partial charge in [0.2, 0.25) is 0 Å². The first-order valence-electron chi connectivity index (χ1n) is 8.09. The molecule has 0 saturated carbocycles. The van der Waals surface area contributed by atoms with Gasteiger partial charge in [-0.1, -0.05) is 24.3 Å². The largest absolute Gasteiger partial charge is 0.335 e. The van der Waals surface area contributed by atoms with E-state index in [2.05, 4.69) is 9.97 Å². The van der Waals surface area contributed by atoms with Crippen LogP contribution in [0.25, 0.3) is 10.9 Å². The first-order valence-corrected chi connectivity index (χ1v) is 8.50. The van der Waals surface area contributed by atoms with Crippen LogP contribution >= 0.6 is 12.2 Å². The fourth-order valence-corrected chi connectivity index (χ4v) is 3.01. The van der Waals surface area contributed by atoms with Gasteiger partial charge < -0.3 is 9.88 Å². The lowest BCUT2D eigenvalue weighted by molar-refractivity contribution is 0.0752. The Hall–Kier alpha value is -2.73. The van der Waals surface area contributed by atoms with Crippen LogP contribution in [0.5, 0.6) is 0 Å². The molecule has 2 N–H and O–H groups in total. The van der Waals surface area contributed by atoms with E-state index in [0.29, 0.717) is 29.6 Å². The summed E-state index contributed by atoms with van der Waals surface area (Å²) in [6.45, 7) is 5.13. The summed E-state index contributed by atoms with van der Waals surface area (Å²) < 4.78 is 0.245. The standard InChI is InChI=1S/C19H19N3O2S/c1-3-22(11-14-7-5-4-6-12(14)2)18(24)13-8-9-15-16(10-13)20-19(25)21-17(15)23/h4-10H,3,11H2,1-2H3,(H2,20,21,23,25). The van der Waals surface area contributed by atoms with Crippen LogP contribution in [0, 0.1) is 11.7 Å². The highest BCUT2D eigenvalue weighted by molar-refractivity contribution is 7.71. The molecule has 0 radical (unpaired) electrons. The molecule has 0 aliphatic heterocycles. The van der Waals surface area contributed by atoms with E-state index in [1.807, 2.05) is 38.1 Å². The molecule has 3 rings (SSSR count). The maximum absolute atomic E-state index is 12.9. The monoisotopic (exact) mass is 353 g/mol. The van der Waals surface area contributed by atoms with Crippen molar-refractivity contribution in [2.45, 2.75) is 20.4 Å². The zero-order valence-corrected chi connectivity index (χ0v) is 14.9. The van der Waals surface area contributed by atoms with Gasteiger partial charge in [-0.3, -0.25) is 14.6 Å². The predicted molar refractivity (Wildman–Crippen MR) is 101 cm³/mol. The van der Waals surface area contributed by atoms with E-state index in [-0.39, 0.29) is 16.2 Å². The topological polar surface area (TPSA) is 69.0 Å². The van der Waals surface area contributed by atoms with E-state index in [4.69, 9.17) is 12.2 Å². The van der Waals surface area contributed by atoms with Gasteiger partial charge in [0.15, 0.2) is 4.77 Å². The number of amides is 1. The molecule has 5 nitrogen and oxygen atoms in total. The van der Waals surface area contributed by atoms with Crippen molar-refractivity contribution in [3.05, 3.63) is 74.3 Å². The van der Waals surface area contributed by atoms with Gasteiger partial charge >= 0.3 is 0 Å². The highest BCUT2D eigenvalue weighted by atomic mass is 32.1. The number of aromatic amines is 2. The van der Waals surface area contributed by atoms with Crippen molar-refractivity contribution in [1.82, 2.24) is 14.9 Å². The maximum Gasteiger partial charge on any atom is 0.259 e. The first-order chi connectivity index (χ1) is 12.0. The number of aromatic nitrogens is 2. The van der Waals surface area contributed by atoms with Gasteiger partial charge in [-0.15, -0.1) is 0 Å². The number of carbonyl (C=O) groups excluding carboxylic acids is 1. The molecule has 6 heteroatoms. The first kappa shape index (κ1) is 17.1. The van der Waals surface area contributed by atoms with Gasteiger partial charge in [-0.05, 0) is 55.4 Å². The van der Waals surface area contributed by atoms with E-state index in [0.717, 1.165) is 11.1 Å². The predicted octanol–water partition coefficient (Wildman–Crippen LogP) is 3.56. The minimum absolute atomic E-state index is 0.0766. The Labute approximate surface area is 150 Å². The molecular weight excluding hydrogens is 334 g/mol. The molecule has 0 aliphatic rings. The Morgan fingerprint density at radius 2 is 1.92 bits per heavy atom. The summed E-state index contributed by atoms with van der Waals surface area (Å²) in [7, 11) is 0. The van der Waals surface area contributed by atoms with Crippen LogP contribution in [0.4, 0.5) is 0 Å². The van der Waals surface area contributed by atoms with Crippen LogP contribution in [-0.4, -0.2) is 27.3 Å². The fraction of sp³-hybridized carbons (Fsp3) is 0.211. The van der Waals surface area contributed by atoms with Crippen molar-refractivity contribution in [3.63, 3.8) is 0 Å². The van der Waals surface area contributed by atoms with Gasteiger partial charge in [0.05, 0.1) is 10.9 Å². The van der Waals surface area contributed by atoms with Crippen LogP contribution in [-0.2, 0) is 6.54 Å². The summed E-state index contributed by atoms with van der Waals surface area (Å²) in [5, 5.41) is 0.479. The van der Waals surface area contributed by atoms with Crippen LogP contribution < -0.4 is 5.56 Å². The molecular formula is C19H19N3O2S. The number of carbonyl (C=O) groups is 1. The van der Waals surface area contributed by atoms with E-state index in [9.17, 15) is 9.59 Å². The van der Waals surface area contributed by atoms with Crippen molar-refractivity contribution in [2.75, 3.05) is 6.54 Å². The summed E-state index contributed by atoms with van der Waals surface area (Å²) in [5.41, 5.74) is 3.10. The SMILES string of the molecule is CCN(Cc1ccccc1C)C(=O)c1ccc2c(=O)[nH]c(=S)[nH]c2c1. The molecule has 1 aromatic heterocycles. The average Bonchev–Trinajstić information content (AvgIpc) is 2.59. The van der Waals surface area contributed by atoms with E-state index in [1.165, 1.54) is 0 Å². The van der Waals surface area contributed by atoms with Gasteiger partial charge in [0, 0.05) is 18.7 Å². The Bertz CT molecular complexity index is 1050. The minimum Gasteiger partial charge on any atom is -0.335 e. The van der Waals surface area contributed by atoms with Gasteiger partial charge in [0.1, 0.15) is 0 Å². The number of aryl methyl sites for hydroxylation is 1. The molecule has 0 atom stereocenters. The highest BCUT2D eigenvalue weighted by Crippen LogP contribution is 2.16. The number of hydrogen-bond acceptors (Lipinski definition) is 3. The third-order valence-corrected chi connectivity index (χ3v) is 4.48. The molecule has 0 spiro atoms. The van der Waals surface area contributed by atoms with Crippen molar-refractivity contribution in [2.24, 2.45) is 0 Å². The average molecular weight is 353 g/mol.